The molecule has 0 aromatic heterocycles. The van der Waals surface area contributed by atoms with Crippen LogP contribution in [0.15, 0.2) is 0 Å². The zero-order valence-electron chi connectivity index (χ0n) is 7.91. The van der Waals surface area contributed by atoms with Crippen molar-refractivity contribution in [3.8, 4) is 0 Å². The van der Waals surface area contributed by atoms with Gasteiger partial charge in [-0.2, -0.15) is 0 Å². The van der Waals surface area contributed by atoms with Crippen LogP contribution in [0, 0.1) is 0 Å². The van der Waals surface area contributed by atoms with Crippen LogP contribution >= 0.6 is 0 Å². The zero-order valence-corrected chi connectivity index (χ0v) is 7.91. The molecule has 0 fully saturated rings. The molecule has 0 saturated heterocycles. The van der Waals surface area contributed by atoms with Crippen molar-refractivity contribution < 1.29 is 15.3 Å². The molecule has 0 spiro atoms. The highest BCUT2D eigenvalue weighted by atomic mass is 16.3. The first-order valence-electron chi connectivity index (χ1n) is 4.12. The number of hydrogen-bond donors (Lipinski definition) is 4. The molecule has 0 bridgehead atoms. The Balaban J connectivity index is 3.64. The van der Waals surface area contributed by atoms with Crippen molar-refractivity contribution in [2.45, 2.75) is 38.5 Å². The van der Waals surface area contributed by atoms with Crippen LogP contribution in [0.1, 0.15) is 20.8 Å². The Bertz CT molecular complexity index is 122. The van der Waals surface area contributed by atoms with E-state index in [4.69, 9.17) is 10.2 Å². The summed E-state index contributed by atoms with van der Waals surface area (Å²) in [5.74, 6) is 0. The predicted octanol–water partition coefficient (Wildman–Crippen LogP) is -0.911. The van der Waals surface area contributed by atoms with Crippen molar-refractivity contribution in [3.05, 3.63) is 0 Å². The third-order valence-corrected chi connectivity index (χ3v) is 1.93. The molecular weight excluding hydrogens is 158 g/mol. The molecule has 0 aromatic carbocycles. The maximum absolute atomic E-state index is 9.47. The monoisotopic (exact) mass is 177 g/mol. The normalized spacial score (nSPS) is 17.5. The summed E-state index contributed by atoms with van der Waals surface area (Å²) in [6, 6.07) is -0.112. The van der Waals surface area contributed by atoms with Gasteiger partial charge >= 0.3 is 0 Å². The second-order valence-corrected chi connectivity index (χ2v) is 3.62. The molecule has 2 unspecified atom stereocenters. The lowest BCUT2D eigenvalue weighted by Gasteiger charge is -2.27. The summed E-state index contributed by atoms with van der Waals surface area (Å²) in [5, 5.41) is 29.9. The van der Waals surface area contributed by atoms with Crippen molar-refractivity contribution in [2.24, 2.45) is 0 Å². The van der Waals surface area contributed by atoms with E-state index in [1.165, 1.54) is 0 Å². The van der Waals surface area contributed by atoms with E-state index in [2.05, 4.69) is 5.32 Å². The Hall–Kier alpha value is -0.160. The lowest BCUT2D eigenvalue weighted by Crippen LogP contribution is -2.47. The average molecular weight is 177 g/mol. The second kappa shape index (κ2) is 4.77. The van der Waals surface area contributed by atoms with Gasteiger partial charge in [0.25, 0.3) is 0 Å². The van der Waals surface area contributed by atoms with Crippen molar-refractivity contribution in [3.63, 3.8) is 0 Å². The van der Waals surface area contributed by atoms with Crippen LogP contribution in [0.3, 0.4) is 0 Å². The van der Waals surface area contributed by atoms with E-state index in [0.717, 1.165) is 0 Å². The lowest BCUT2D eigenvalue weighted by molar-refractivity contribution is 0.0327. The van der Waals surface area contributed by atoms with Crippen molar-refractivity contribution in [2.75, 3.05) is 13.2 Å². The Morgan fingerprint density at radius 3 is 2.25 bits per heavy atom. The van der Waals surface area contributed by atoms with Gasteiger partial charge in [-0.25, -0.2) is 0 Å². The first-order valence-corrected chi connectivity index (χ1v) is 4.12. The van der Waals surface area contributed by atoms with Crippen LogP contribution in [-0.2, 0) is 0 Å². The molecule has 4 nitrogen and oxygen atoms in total. The van der Waals surface area contributed by atoms with Gasteiger partial charge in [0.05, 0.1) is 18.3 Å². The van der Waals surface area contributed by atoms with Gasteiger partial charge in [-0.05, 0) is 20.8 Å². The van der Waals surface area contributed by atoms with E-state index < -0.39 is 11.7 Å². The highest BCUT2D eigenvalue weighted by Crippen LogP contribution is 2.06. The van der Waals surface area contributed by atoms with Crippen LogP contribution in [0.25, 0.3) is 0 Å². The van der Waals surface area contributed by atoms with E-state index in [9.17, 15) is 5.11 Å². The van der Waals surface area contributed by atoms with E-state index >= 15 is 0 Å². The summed E-state index contributed by atoms with van der Waals surface area (Å²) in [6.07, 6.45) is -0.755. The van der Waals surface area contributed by atoms with Crippen LogP contribution in [0.5, 0.6) is 0 Å². The van der Waals surface area contributed by atoms with Crippen LogP contribution < -0.4 is 5.32 Å². The van der Waals surface area contributed by atoms with E-state index in [-0.39, 0.29) is 12.6 Å². The summed E-state index contributed by atoms with van der Waals surface area (Å²) >= 11 is 0. The summed E-state index contributed by atoms with van der Waals surface area (Å²) in [5.41, 5.74) is -0.810. The molecule has 0 radical (unpaired) electrons. The molecule has 0 heterocycles. The largest absolute Gasteiger partial charge is 0.394 e. The number of aliphatic hydroxyl groups is 3. The lowest BCUT2D eigenvalue weighted by atomic mass is 10.0. The van der Waals surface area contributed by atoms with Crippen LogP contribution in [-0.4, -0.2) is 46.2 Å². The molecule has 0 rings (SSSR count). The summed E-state index contributed by atoms with van der Waals surface area (Å²) < 4.78 is 0. The maximum atomic E-state index is 9.47. The third-order valence-electron chi connectivity index (χ3n) is 1.93. The van der Waals surface area contributed by atoms with Crippen molar-refractivity contribution in [1.29, 1.82) is 0 Å². The fourth-order valence-electron chi connectivity index (χ4n) is 0.627. The molecule has 2 atom stereocenters. The molecule has 0 aromatic rings. The van der Waals surface area contributed by atoms with E-state index in [1.807, 2.05) is 6.92 Å². The number of rotatable bonds is 5. The number of nitrogens with one attached hydrogen (secondary N) is 1. The first-order chi connectivity index (χ1) is 5.38. The van der Waals surface area contributed by atoms with Gasteiger partial charge in [0.15, 0.2) is 0 Å². The molecule has 4 heteroatoms. The summed E-state index contributed by atoms with van der Waals surface area (Å²) in [7, 11) is 0. The molecule has 12 heavy (non-hydrogen) atoms. The zero-order chi connectivity index (χ0) is 9.78. The minimum Gasteiger partial charge on any atom is -0.394 e. The fourth-order valence-corrected chi connectivity index (χ4v) is 0.627. The Morgan fingerprint density at radius 1 is 1.42 bits per heavy atom. The molecule has 0 amide bonds. The molecule has 4 N–H and O–H groups in total. The number of aliphatic hydroxyl groups excluding tert-OH is 2. The van der Waals surface area contributed by atoms with Crippen molar-refractivity contribution in [1.82, 2.24) is 5.32 Å². The standard InChI is InChI=1S/C8H19NO3/c1-6(8(2,3)12)9-4-7(11)5-10/h6-7,9-12H,4-5H2,1-3H3. The van der Waals surface area contributed by atoms with Gasteiger partial charge < -0.3 is 20.6 Å². The highest BCUT2D eigenvalue weighted by molar-refractivity contribution is 4.80. The van der Waals surface area contributed by atoms with Gasteiger partial charge in [0.1, 0.15) is 0 Å². The fraction of sp³-hybridized carbons (Fsp3) is 1.00. The van der Waals surface area contributed by atoms with Crippen molar-refractivity contribution >= 4 is 0 Å². The quantitative estimate of drug-likeness (QED) is 0.438. The Labute approximate surface area is 73.2 Å². The predicted molar refractivity (Wildman–Crippen MR) is 46.9 cm³/mol. The minimum atomic E-state index is -0.810. The average Bonchev–Trinajstić information content (AvgIpc) is 1.97. The molecular formula is C8H19NO3. The summed E-state index contributed by atoms with van der Waals surface area (Å²) in [6.45, 7) is 5.24. The van der Waals surface area contributed by atoms with Crippen LogP contribution in [0.2, 0.25) is 0 Å². The van der Waals surface area contributed by atoms with Crippen LogP contribution in [0.4, 0.5) is 0 Å². The Morgan fingerprint density at radius 2 is 1.92 bits per heavy atom. The van der Waals surface area contributed by atoms with Gasteiger partial charge in [-0.1, -0.05) is 0 Å². The van der Waals surface area contributed by atoms with Gasteiger partial charge in [-0.3, -0.25) is 0 Å². The SMILES string of the molecule is CC(NCC(O)CO)C(C)(C)O. The molecule has 0 aliphatic carbocycles. The summed E-state index contributed by atoms with van der Waals surface area (Å²) in [4.78, 5) is 0. The first kappa shape index (κ1) is 11.8. The molecule has 0 saturated carbocycles. The second-order valence-electron chi connectivity index (χ2n) is 3.62. The molecule has 74 valence electrons. The van der Waals surface area contributed by atoms with Gasteiger partial charge in [-0.15, -0.1) is 0 Å². The smallest absolute Gasteiger partial charge is 0.0895 e. The van der Waals surface area contributed by atoms with Gasteiger partial charge in [0.2, 0.25) is 0 Å². The molecule has 0 aliphatic rings. The maximum Gasteiger partial charge on any atom is 0.0895 e. The van der Waals surface area contributed by atoms with Gasteiger partial charge in [0, 0.05) is 12.6 Å². The topological polar surface area (TPSA) is 72.7 Å². The van der Waals surface area contributed by atoms with E-state index in [1.54, 1.807) is 13.8 Å². The molecule has 0 aliphatic heterocycles. The third kappa shape index (κ3) is 4.66. The minimum absolute atomic E-state index is 0.112. The highest BCUT2D eigenvalue weighted by Gasteiger charge is 2.21. The Kier molecular flexibility index (Phi) is 4.70. The number of hydrogen-bond acceptors (Lipinski definition) is 4. The van der Waals surface area contributed by atoms with E-state index in [0.29, 0.717) is 6.54 Å².